The van der Waals surface area contributed by atoms with Gasteiger partial charge in [-0.25, -0.2) is 8.42 Å². The van der Waals surface area contributed by atoms with Gasteiger partial charge in [-0.2, -0.15) is 4.31 Å². The van der Waals surface area contributed by atoms with Crippen LogP contribution in [0, 0.1) is 0 Å². The third kappa shape index (κ3) is 3.37. The van der Waals surface area contributed by atoms with Gasteiger partial charge in [-0.3, -0.25) is 0 Å². The van der Waals surface area contributed by atoms with Crippen LogP contribution in [-0.2, 0) is 10.0 Å². The first-order valence-corrected chi connectivity index (χ1v) is 9.28. The molecule has 0 amide bonds. The largest absolute Gasteiger partial charge is 0.495 e. The summed E-state index contributed by atoms with van der Waals surface area (Å²) in [6.45, 7) is 0.807. The summed E-state index contributed by atoms with van der Waals surface area (Å²) in [6, 6.07) is 2.83. The van der Waals surface area contributed by atoms with Crippen molar-refractivity contribution in [1.82, 2.24) is 4.31 Å². The standard InChI is InChI=1S/C13H18BrClN2O3S/c1-20-12-6-10(14)13(7-11(12)15)21(18,19)17-5-3-2-4-9(17)8-16/h6-7,9H,2-5,8,16H2,1H3. The fourth-order valence-electron chi connectivity index (χ4n) is 2.52. The highest BCUT2D eigenvalue weighted by Gasteiger charge is 2.34. The summed E-state index contributed by atoms with van der Waals surface area (Å²) in [7, 11) is -2.15. The summed E-state index contributed by atoms with van der Waals surface area (Å²) in [5.41, 5.74) is 5.72. The molecule has 2 N–H and O–H groups in total. The van der Waals surface area contributed by atoms with Crippen molar-refractivity contribution in [2.45, 2.75) is 30.2 Å². The normalized spacial score (nSPS) is 20.5. The van der Waals surface area contributed by atoms with E-state index in [9.17, 15) is 8.42 Å². The lowest BCUT2D eigenvalue weighted by Crippen LogP contribution is -2.47. The molecule has 0 radical (unpaired) electrons. The molecule has 1 atom stereocenters. The van der Waals surface area contributed by atoms with Crippen molar-refractivity contribution in [3.05, 3.63) is 21.6 Å². The fraction of sp³-hybridized carbons (Fsp3) is 0.538. The molecule has 1 aromatic carbocycles. The van der Waals surface area contributed by atoms with E-state index in [1.54, 1.807) is 6.07 Å². The van der Waals surface area contributed by atoms with Crippen LogP contribution in [0.1, 0.15) is 19.3 Å². The Bertz CT molecular complexity index is 624. The van der Waals surface area contributed by atoms with Crippen LogP contribution in [0.2, 0.25) is 5.02 Å². The van der Waals surface area contributed by atoms with Gasteiger partial charge in [-0.05, 0) is 40.9 Å². The van der Waals surface area contributed by atoms with Gasteiger partial charge in [0, 0.05) is 23.6 Å². The number of hydrogen-bond acceptors (Lipinski definition) is 4. The molecule has 1 unspecified atom stereocenters. The molecule has 0 bridgehead atoms. The molecule has 1 aliphatic rings. The molecule has 0 aromatic heterocycles. The molecule has 0 saturated carbocycles. The van der Waals surface area contributed by atoms with Crippen LogP contribution in [0.4, 0.5) is 0 Å². The number of methoxy groups -OCH3 is 1. The van der Waals surface area contributed by atoms with E-state index < -0.39 is 10.0 Å². The van der Waals surface area contributed by atoms with Crippen LogP contribution in [0.5, 0.6) is 5.75 Å². The van der Waals surface area contributed by atoms with Crippen molar-refractivity contribution in [2.75, 3.05) is 20.2 Å². The predicted molar refractivity (Wildman–Crippen MR) is 86.3 cm³/mol. The zero-order valence-corrected chi connectivity index (χ0v) is 14.8. The van der Waals surface area contributed by atoms with E-state index in [-0.39, 0.29) is 16.0 Å². The van der Waals surface area contributed by atoms with E-state index in [2.05, 4.69) is 15.9 Å². The topological polar surface area (TPSA) is 72.6 Å². The van der Waals surface area contributed by atoms with E-state index >= 15 is 0 Å². The van der Waals surface area contributed by atoms with Crippen LogP contribution in [0.3, 0.4) is 0 Å². The van der Waals surface area contributed by atoms with Crippen molar-refractivity contribution < 1.29 is 13.2 Å². The highest BCUT2D eigenvalue weighted by molar-refractivity contribution is 9.10. The molecule has 118 valence electrons. The van der Waals surface area contributed by atoms with Crippen molar-refractivity contribution in [3.8, 4) is 5.75 Å². The fourth-order valence-corrected chi connectivity index (χ4v) is 5.54. The van der Waals surface area contributed by atoms with Gasteiger partial charge in [0.2, 0.25) is 10.0 Å². The maximum absolute atomic E-state index is 12.9. The monoisotopic (exact) mass is 396 g/mol. The number of hydrogen-bond donors (Lipinski definition) is 1. The van der Waals surface area contributed by atoms with E-state index in [1.807, 2.05) is 0 Å². The van der Waals surface area contributed by atoms with Gasteiger partial charge in [0.25, 0.3) is 0 Å². The summed E-state index contributed by atoms with van der Waals surface area (Å²) in [6.07, 6.45) is 2.63. The number of nitrogens with zero attached hydrogens (tertiary/aromatic N) is 1. The minimum absolute atomic E-state index is 0.147. The highest BCUT2D eigenvalue weighted by atomic mass is 79.9. The lowest BCUT2D eigenvalue weighted by atomic mass is 10.1. The van der Waals surface area contributed by atoms with Gasteiger partial charge >= 0.3 is 0 Å². The zero-order valence-electron chi connectivity index (χ0n) is 11.7. The Balaban J connectivity index is 2.46. The Morgan fingerprint density at radius 2 is 2.19 bits per heavy atom. The maximum Gasteiger partial charge on any atom is 0.244 e. The van der Waals surface area contributed by atoms with Crippen molar-refractivity contribution in [1.29, 1.82) is 0 Å². The first-order valence-electron chi connectivity index (χ1n) is 6.66. The lowest BCUT2D eigenvalue weighted by molar-refractivity contribution is 0.257. The predicted octanol–water partition coefficient (Wildman–Crippen LogP) is 2.61. The Morgan fingerprint density at radius 1 is 1.48 bits per heavy atom. The van der Waals surface area contributed by atoms with Gasteiger partial charge in [-0.15, -0.1) is 0 Å². The average molecular weight is 398 g/mol. The zero-order chi connectivity index (χ0) is 15.6. The third-order valence-electron chi connectivity index (χ3n) is 3.64. The molecular weight excluding hydrogens is 380 g/mol. The third-order valence-corrected chi connectivity index (χ3v) is 6.84. The van der Waals surface area contributed by atoms with Crippen LogP contribution in [0.25, 0.3) is 0 Å². The number of benzene rings is 1. The van der Waals surface area contributed by atoms with Crippen LogP contribution >= 0.6 is 27.5 Å². The highest BCUT2D eigenvalue weighted by Crippen LogP contribution is 2.36. The number of nitrogens with two attached hydrogens (primary N) is 1. The number of halogens is 2. The number of sulfonamides is 1. The van der Waals surface area contributed by atoms with Crippen LogP contribution in [0.15, 0.2) is 21.5 Å². The van der Waals surface area contributed by atoms with Crippen molar-refractivity contribution in [2.24, 2.45) is 5.73 Å². The van der Waals surface area contributed by atoms with Crippen LogP contribution < -0.4 is 10.5 Å². The molecule has 8 heteroatoms. The van der Waals surface area contributed by atoms with E-state index in [1.165, 1.54) is 17.5 Å². The first kappa shape index (κ1) is 17.0. The number of ether oxygens (including phenoxy) is 1. The molecule has 1 heterocycles. The summed E-state index contributed by atoms with van der Waals surface area (Å²) >= 11 is 9.35. The van der Waals surface area contributed by atoms with E-state index in [4.69, 9.17) is 22.1 Å². The van der Waals surface area contributed by atoms with E-state index in [0.717, 1.165) is 19.3 Å². The second-order valence-electron chi connectivity index (χ2n) is 4.92. The molecule has 5 nitrogen and oxygen atoms in total. The molecule has 2 rings (SSSR count). The Kier molecular flexibility index (Phi) is 5.54. The van der Waals surface area contributed by atoms with Crippen molar-refractivity contribution >= 4 is 37.6 Å². The molecule has 0 aliphatic carbocycles. The molecule has 1 saturated heterocycles. The Morgan fingerprint density at radius 3 is 2.81 bits per heavy atom. The average Bonchev–Trinajstić information content (AvgIpc) is 2.48. The number of piperidine rings is 1. The molecule has 1 aliphatic heterocycles. The summed E-state index contributed by atoms with van der Waals surface area (Å²) in [5.74, 6) is 0.427. The summed E-state index contributed by atoms with van der Waals surface area (Å²) in [5, 5.41) is 0.264. The van der Waals surface area contributed by atoms with Gasteiger partial charge < -0.3 is 10.5 Å². The van der Waals surface area contributed by atoms with Gasteiger partial charge in [0.05, 0.1) is 17.0 Å². The first-order chi connectivity index (χ1) is 9.91. The molecule has 1 fully saturated rings. The maximum atomic E-state index is 12.9. The second kappa shape index (κ2) is 6.83. The van der Waals surface area contributed by atoms with E-state index in [0.29, 0.717) is 23.3 Å². The van der Waals surface area contributed by atoms with Crippen LogP contribution in [-0.4, -0.2) is 39.0 Å². The Hall–Kier alpha value is -0.340. The molecule has 0 spiro atoms. The van der Waals surface area contributed by atoms with Gasteiger partial charge in [-0.1, -0.05) is 18.0 Å². The SMILES string of the molecule is COc1cc(Br)c(S(=O)(=O)N2CCCCC2CN)cc1Cl. The molecule has 1 aromatic rings. The minimum atomic E-state index is -3.64. The van der Waals surface area contributed by atoms with Gasteiger partial charge in [0.15, 0.2) is 0 Å². The summed E-state index contributed by atoms with van der Waals surface area (Å²) in [4.78, 5) is 0.147. The Labute approximate surface area is 138 Å². The molecular formula is C13H18BrClN2O3S. The summed E-state index contributed by atoms with van der Waals surface area (Å²) < 4.78 is 32.8. The van der Waals surface area contributed by atoms with Crippen molar-refractivity contribution in [3.63, 3.8) is 0 Å². The quantitative estimate of drug-likeness (QED) is 0.847. The smallest absolute Gasteiger partial charge is 0.244 e. The second-order valence-corrected chi connectivity index (χ2v) is 8.04. The number of rotatable bonds is 4. The minimum Gasteiger partial charge on any atom is -0.495 e. The lowest BCUT2D eigenvalue weighted by Gasteiger charge is -2.34. The molecule has 21 heavy (non-hydrogen) atoms. The van der Waals surface area contributed by atoms with Gasteiger partial charge in [0.1, 0.15) is 5.75 Å².